The first-order chi connectivity index (χ1) is 12.7. The highest BCUT2D eigenvalue weighted by Crippen LogP contribution is 2.12. The molecular weight excluding hydrogens is 324 g/mol. The summed E-state index contributed by atoms with van der Waals surface area (Å²) in [5.74, 6) is 0. The summed E-state index contributed by atoms with van der Waals surface area (Å²) in [5.41, 5.74) is 25.5. The van der Waals surface area contributed by atoms with Crippen LogP contribution in [0.3, 0.4) is 0 Å². The molecule has 0 fully saturated rings. The summed E-state index contributed by atoms with van der Waals surface area (Å²) >= 11 is 0. The van der Waals surface area contributed by atoms with Crippen molar-refractivity contribution in [2.75, 3.05) is 39.3 Å². The van der Waals surface area contributed by atoms with Crippen LogP contribution in [0.15, 0.2) is 24.3 Å². The van der Waals surface area contributed by atoms with Gasteiger partial charge in [-0.2, -0.15) is 0 Å². The molecule has 0 amide bonds. The van der Waals surface area contributed by atoms with Crippen molar-refractivity contribution in [2.45, 2.75) is 50.6 Å². The fourth-order valence-corrected chi connectivity index (χ4v) is 3.22. The normalized spacial score (nSPS) is 13.7. The van der Waals surface area contributed by atoms with Gasteiger partial charge in [-0.05, 0) is 88.9 Å². The average Bonchev–Trinajstić information content (AvgIpc) is 2.63. The maximum absolute atomic E-state index is 5.78. The van der Waals surface area contributed by atoms with E-state index in [1.807, 2.05) is 0 Å². The first kappa shape index (κ1) is 23.0. The molecule has 1 aromatic carbocycles. The van der Waals surface area contributed by atoms with Gasteiger partial charge in [-0.3, -0.25) is 0 Å². The molecule has 0 saturated carbocycles. The van der Waals surface area contributed by atoms with Gasteiger partial charge >= 0.3 is 0 Å². The number of nitrogens with one attached hydrogen (secondary N) is 2. The lowest BCUT2D eigenvalue weighted by molar-refractivity contribution is 0.475. The summed E-state index contributed by atoms with van der Waals surface area (Å²) in [4.78, 5) is 0. The molecule has 0 bridgehead atoms. The van der Waals surface area contributed by atoms with Crippen molar-refractivity contribution in [3.05, 3.63) is 35.4 Å². The van der Waals surface area contributed by atoms with Crippen LogP contribution in [0.1, 0.15) is 36.8 Å². The van der Waals surface area contributed by atoms with E-state index in [2.05, 4.69) is 34.9 Å². The molecule has 0 radical (unpaired) electrons. The van der Waals surface area contributed by atoms with Crippen LogP contribution in [0.25, 0.3) is 0 Å². The lowest BCUT2D eigenvalue weighted by Crippen LogP contribution is -2.35. The highest BCUT2D eigenvalue weighted by Gasteiger charge is 2.11. The highest BCUT2D eigenvalue weighted by molar-refractivity contribution is 5.25. The SMILES string of the molecule is NCCCNC(CCN)Cc1cccc(CC(CCN)NCCCN)c1. The minimum absolute atomic E-state index is 0.407. The number of hydrogen-bond donors (Lipinski definition) is 6. The largest absolute Gasteiger partial charge is 0.330 e. The third-order valence-electron chi connectivity index (χ3n) is 4.61. The van der Waals surface area contributed by atoms with Gasteiger partial charge in [-0.1, -0.05) is 24.3 Å². The quantitative estimate of drug-likeness (QED) is 0.231. The molecule has 0 aromatic heterocycles. The molecule has 26 heavy (non-hydrogen) atoms. The molecule has 6 heteroatoms. The maximum atomic E-state index is 5.78. The van der Waals surface area contributed by atoms with Crippen molar-refractivity contribution in [2.24, 2.45) is 22.9 Å². The Morgan fingerprint density at radius 2 is 1.15 bits per heavy atom. The van der Waals surface area contributed by atoms with Gasteiger partial charge in [0.2, 0.25) is 0 Å². The number of nitrogens with two attached hydrogens (primary N) is 4. The summed E-state index contributed by atoms with van der Waals surface area (Å²) in [6, 6.07) is 9.70. The van der Waals surface area contributed by atoms with Crippen LogP contribution in [-0.4, -0.2) is 51.4 Å². The summed E-state index contributed by atoms with van der Waals surface area (Å²) < 4.78 is 0. The van der Waals surface area contributed by atoms with Crippen molar-refractivity contribution in [3.63, 3.8) is 0 Å². The first-order valence-corrected chi connectivity index (χ1v) is 10.1. The molecule has 0 aliphatic heterocycles. The molecule has 1 rings (SSSR count). The third-order valence-corrected chi connectivity index (χ3v) is 4.61. The average molecular weight is 365 g/mol. The van der Waals surface area contributed by atoms with Crippen LogP contribution in [0, 0.1) is 0 Å². The molecule has 0 saturated heterocycles. The number of hydrogen-bond acceptors (Lipinski definition) is 6. The van der Waals surface area contributed by atoms with E-state index in [9.17, 15) is 0 Å². The van der Waals surface area contributed by atoms with Gasteiger partial charge in [-0.15, -0.1) is 0 Å². The van der Waals surface area contributed by atoms with E-state index in [0.717, 1.165) is 64.7 Å². The topological polar surface area (TPSA) is 128 Å². The van der Waals surface area contributed by atoms with Gasteiger partial charge in [-0.25, -0.2) is 0 Å². The molecule has 150 valence electrons. The van der Waals surface area contributed by atoms with Crippen molar-refractivity contribution in [1.82, 2.24) is 10.6 Å². The molecule has 2 unspecified atom stereocenters. The lowest BCUT2D eigenvalue weighted by Gasteiger charge is -2.20. The van der Waals surface area contributed by atoms with E-state index >= 15 is 0 Å². The van der Waals surface area contributed by atoms with Crippen LogP contribution in [0.2, 0.25) is 0 Å². The second-order valence-corrected chi connectivity index (χ2v) is 6.97. The molecule has 10 N–H and O–H groups in total. The summed E-state index contributed by atoms with van der Waals surface area (Å²) in [6.45, 7) is 4.73. The molecule has 0 aliphatic carbocycles. The minimum Gasteiger partial charge on any atom is -0.330 e. The molecule has 0 heterocycles. The standard InChI is InChI=1S/C20H40N6/c21-8-2-12-25-19(6-10-23)15-17-4-1-5-18(14-17)16-20(7-11-24)26-13-3-9-22/h1,4-5,14,19-20,25-26H,2-3,6-13,15-16,21-24H2. The van der Waals surface area contributed by atoms with Crippen LogP contribution < -0.4 is 33.6 Å². The summed E-state index contributed by atoms with van der Waals surface area (Å²) in [7, 11) is 0. The Balaban J connectivity index is 2.62. The smallest absolute Gasteiger partial charge is 0.0119 e. The zero-order chi connectivity index (χ0) is 19.0. The van der Waals surface area contributed by atoms with Crippen LogP contribution in [0.5, 0.6) is 0 Å². The Kier molecular flexibility index (Phi) is 13.4. The van der Waals surface area contributed by atoms with Gasteiger partial charge in [0.1, 0.15) is 0 Å². The van der Waals surface area contributed by atoms with Gasteiger partial charge in [0.25, 0.3) is 0 Å². The monoisotopic (exact) mass is 364 g/mol. The summed E-state index contributed by atoms with van der Waals surface area (Å²) in [5, 5.41) is 7.17. The number of rotatable bonds is 16. The van der Waals surface area contributed by atoms with E-state index in [-0.39, 0.29) is 0 Å². The fourth-order valence-electron chi connectivity index (χ4n) is 3.22. The van der Waals surface area contributed by atoms with Crippen molar-refractivity contribution >= 4 is 0 Å². The maximum Gasteiger partial charge on any atom is 0.0119 e. The Morgan fingerprint density at radius 3 is 1.54 bits per heavy atom. The molecule has 2 atom stereocenters. The van der Waals surface area contributed by atoms with E-state index in [1.165, 1.54) is 11.1 Å². The highest BCUT2D eigenvalue weighted by atomic mass is 14.9. The van der Waals surface area contributed by atoms with E-state index < -0.39 is 0 Å². The summed E-state index contributed by atoms with van der Waals surface area (Å²) in [6.07, 6.45) is 5.94. The van der Waals surface area contributed by atoms with Gasteiger partial charge in [0.15, 0.2) is 0 Å². The zero-order valence-corrected chi connectivity index (χ0v) is 16.3. The van der Waals surface area contributed by atoms with E-state index in [0.29, 0.717) is 25.2 Å². The van der Waals surface area contributed by atoms with Crippen molar-refractivity contribution in [3.8, 4) is 0 Å². The molecule has 6 nitrogen and oxygen atoms in total. The Hall–Kier alpha value is -1.02. The first-order valence-electron chi connectivity index (χ1n) is 10.1. The Morgan fingerprint density at radius 1 is 0.692 bits per heavy atom. The van der Waals surface area contributed by atoms with Crippen LogP contribution in [0.4, 0.5) is 0 Å². The van der Waals surface area contributed by atoms with Gasteiger partial charge in [0, 0.05) is 12.1 Å². The minimum atomic E-state index is 0.407. The zero-order valence-electron chi connectivity index (χ0n) is 16.3. The van der Waals surface area contributed by atoms with Crippen LogP contribution in [-0.2, 0) is 12.8 Å². The molecule has 0 aliphatic rings. The van der Waals surface area contributed by atoms with Gasteiger partial charge in [0.05, 0.1) is 0 Å². The fraction of sp³-hybridized carbons (Fsp3) is 0.700. The Bertz CT molecular complexity index is 416. The number of benzene rings is 1. The lowest BCUT2D eigenvalue weighted by atomic mass is 9.97. The van der Waals surface area contributed by atoms with Crippen molar-refractivity contribution < 1.29 is 0 Å². The Labute approximate surface area is 159 Å². The molecule has 0 spiro atoms. The van der Waals surface area contributed by atoms with E-state index in [1.54, 1.807) is 0 Å². The molecular formula is C20H40N6. The predicted molar refractivity (Wildman–Crippen MR) is 112 cm³/mol. The van der Waals surface area contributed by atoms with Gasteiger partial charge < -0.3 is 33.6 Å². The molecule has 1 aromatic rings. The van der Waals surface area contributed by atoms with E-state index in [4.69, 9.17) is 22.9 Å². The third kappa shape index (κ3) is 10.2. The predicted octanol–water partition coefficient (Wildman–Crippen LogP) is 0.0832. The second-order valence-electron chi connectivity index (χ2n) is 6.97. The second kappa shape index (κ2) is 15.1. The van der Waals surface area contributed by atoms with Crippen LogP contribution >= 0.6 is 0 Å². The van der Waals surface area contributed by atoms with Crippen molar-refractivity contribution in [1.29, 1.82) is 0 Å².